The summed E-state index contributed by atoms with van der Waals surface area (Å²) < 4.78 is 14.8. The van der Waals surface area contributed by atoms with Crippen molar-refractivity contribution in [1.29, 1.82) is 0 Å². The van der Waals surface area contributed by atoms with Crippen molar-refractivity contribution >= 4 is 40.2 Å². The van der Waals surface area contributed by atoms with E-state index in [-0.39, 0.29) is 30.0 Å². The number of amides is 2. The maximum atomic E-state index is 14.8. The summed E-state index contributed by atoms with van der Waals surface area (Å²) in [6.07, 6.45) is 4.16. The Kier molecular flexibility index (Phi) is 6.59. The molecule has 1 N–H and O–H groups in total. The van der Waals surface area contributed by atoms with E-state index >= 15 is 0 Å². The molecule has 1 saturated carbocycles. The topological polar surface area (TPSA) is 49.4 Å². The van der Waals surface area contributed by atoms with Gasteiger partial charge in [0.05, 0.1) is 12.1 Å². The van der Waals surface area contributed by atoms with Crippen LogP contribution in [0.3, 0.4) is 0 Å². The Morgan fingerprint density at radius 2 is 1.90 bits per heavy atom. The van der Waals surface area contributed by atoms with Crippen molar-refractivity contribution in [3.63, 3.8) is 0 Å². The van der Waals surface area contributed by atoms with Gasteiger partial charge in [0, 0.05) is 10.9 Å². The number of benzene rings is 1. The molecule has 3 aromatic rings. The Bertz CT molecular complexity index is 983. The predicted molar refractivity (Wildman–Crippen MR) is 119 cm³/mol. The lowest BCUT2D eigenvalue weighted by Gasteiger charge is -2.32. The van der Waals surface area contributed by atoms with E-state index in [1.807, 2.05) is 34.3 Å². The number of nitrogens with one attached hydrogen (secondary N) is 1. The monoisotopic (exact) mass is 442 g/mol. The minimum absolute atomic E-state index is 0.105. The van der Waals surface area contributed by atoms with Crippen LogP contribution in [0.5, 0.6) is 0 Å². The van der Waals surface area contributed by atoms with Crippen molar-refractivity contribution in [3.8, 4) is 0 Å². The summed E-state index contributed by atoms with van der Waals surface area (Å²) in [7, 11) is 0. The normalized spacial score (nSPS) is 15.1. The van der Waals surface area contributed by atoms with Crippen LogP contribution in [0.25, 0.3) is 0 Å². The maximum absolute atomic E-state index is 14.8. The van der Waals surface area contributed by atoms with Crippen molar-refractivity contribution in [2.45, 2.75) is 44.2 Å². The number of rotatable bonds is 7. The van der Waals surface area contributed by atoms with Crippen LogP contribution >= 0.6 is 22.7 Å². The molecule has 1 atom stereocenters. The highest BCUT2D eigenvalue weighted by Gasteiger charge is 2.35. The third-order valence-electron chi connectivity index (χ3n) is 5.35. The zero-order valence-electron chi connectivity index (χ0n) is 16.4. The molecule has 2 aromatic heterocycles. The first-order valence-corrected chi connectivity index (χ1v) is 11.9. The van der Waals surface area contributed by atoms with Gasteiger partial charge in [-0.15, -0.1) is 11.3 Å². The number of thiophene rings is 2. The number of hydrogen-bond acceptors (Lipinski definition) is 4. The van der Waals surface area contributed by atoms with Gasteiger partial charge in [-0.2, -0.15) is 11.3 Å². The van der Waals surface area contributed by atoms with Crippen LogP contribution in [-0.2, 0) is 16.0 Å². The molecule has 1 aromatic carbocycles. The third-order valence-corrected chi connectivity index (χ3v) is 6.93. The Hall–Kier alpha value is -2.51. The van der Waals surface area contributed by atoms with E-state index in [2.05, 4.69) is 5.32 Å². The molecular formula is C23H23FN2O2S2. The van der Waals surface area contributed by atoms with Crippen LogP contribution in [0.1, 0.15) is 42.2 Å². The van der Waals surface area contributed by atoms with E-state index in [9.17, 15) is 14.0 Å². The average molecular weight is 443 g/mol. The standard InChI is InChI=1S/C23H23FN2O2S2/c24-19-9-3-4-10-20(19)26(21(27)14-18-8-5-12-30-18)22(16-11-13-29-15-16)23(28)25-17-6-1-2-7-17/h3-5,8-13,15,17,22H,1-2,6-7,14H2,(H,25,28)/t22-/m1/s1. The Morgan fingerprint density at radius 1 is 1.10 bits per heavy atom. The molecule has 0 radical (unpaired) electrons. The van der Waals surface area contributed by atoms with Crippen molar-refractivity contribution in [2.24, 2.45) is 0 Å². The van der Waals surface area contributed by atoms with Crippen LogP contribution in [0.2, 0.25) is 0 Å². The van der Waals surface area contributed by atoms with E-state index in [4.69, 9.17) is 0 Å². The van der Waals surface area contributed by atoms with Crippen LogP contribution in [0.4, 0.5) is 10.1 Å². The molecule has 2 amide bonds. The second-order valence-electron chi connectivity index (χ2n) is 7.42. The summed E-state index contributed by atoms with van der Waals surface area (Å²) in [6.45, 7) is 0. The van der Waals surface area contributed by atoms with E-state index in [0.29, 0.717) is 5.56 Å². The zero-order valence-corrected chi connectivity index (χ0v) is 18.1. The lowest BCUT2D eigenvalue weighted by atomic mass is 10.0. The second kappa shape index (κ2) is 9.53. The van der Waals surface area contributed by atoms with Gasteiger partial charge in [0.2, 0.25) is 11.8 Å². The number of para-hydroxylation sites is 1. The molecule has 7 heteroatoms. The summed E-state index contributed by atoms with van der Waals surface area (Å²) in [5.41, 5.74) is 0.815. The zero-order chi connectivity index (χ0) is 20.9. The number of anilines is 1. The van der Waals surface area contributed by atoms with E-state index in [1.165, 1.54) is 33.6 Å². The Morgan fingerprint density at radius 3 is 2.57 bits per heavy atom. The van der Waals surface area contributed by atoms with Crippen LogP contribution in [0.15, 0.2) is 58.6 Å². The van der Waals surface area contributed by atoms with Crippen molar-refractivity contribution in [3.05, 3.63) is 74.9 Å². The minimum Gasteiger partial charge on any atom is -0.351 e. The highest BCUT2D eigenvalue weighted by molar-refractivity contribution is 7.10. The van der Waals surface area contributed by atoms with Gasteiger partial charge in [-0.05, 0) is 58.8 Å². The van der Waals surface area contributed by atoms with E-state index in [0.717, 1.165) is 30.6 Å². The van der Waals surface area contributed by atoms with Gasteiger partial charge in [-0.3, -0.25) is 14.5 Å². The van der Waals surface area contributed by atoms with Gasteiger partial charge in [-0.1, -0.05) is 31.0 Å². The highest BCUT2D eigenvalue weighted by Crippen LogP contribution is 2.32. The molecule has 0 saturated heterocycles. The molecule has 30 heavy (non-hydrogen) atoms. The molecule has 4 rings (SSSR count). The minimum atomic E-state index is -0.916. The molecule has 0 unspecified atom stereocenters. The summed E-state index contributed by atoms with van der Waals surface area (Å²) in [5.74, 6) is -1.09. The fourth-order valence-electron chi connectivity index (χ4n) is 3.91. The lowest BCUT2D eigenvalue weighted by Crippen LogP contribution is -2.47. The smallest absolute Gasteiger partial charge is 0.248 e. The van der Waals surface area contributed by atoms with Crippen LogP contribution in [-0.4, -0.2) is 17.9 Å². The largest absolute Gasteiger partial charge is 0.351 e. The first-order chi connectivity index (χ1) is 14.6. The Labute approximate surface area is 183 Å². The number of nitrogens with zero attached hydrogens (tertiary/aromatic N) is 1. The molecule has 4 nitrogen and oxygen atoms in total. The molecule has 156 valence electrons. The third kappa shape index (κ3) is 4.63. The molecule has 1 fully saturated rings. The van der Waals surface area contributed by atoms with Crippen LogP contribution in [0, 0.1) is 5.82 Å². The predicted octanol–water partition coefficient (Wildman–Crippen LogP) is 5.32. The number of hydrogen-bond donors (Lipinski definition) is 1. The summed E-state index contributed by atoms with van der Waals surface area (Å²) >= 11 is 2.92. The second-order valence-corrected chi connectivity index (χ2v) is 9.23. The maximum Gasteiger partial charge on any atom is 0.248 e. The molecule has 1 aliphatic carbocycles. The van der Waals surface area contributed by atoms with Crippen molar-refractivity contribution in [2.75, 3.05) is 4.90 Å². The number of carbonyl (C=O) groups is 2. The first kappa shape index (κ1) is 20.8. The van der Waals surface area contributed by atoms with Gasteiger partial charge >= 0.3 is 0 Å². The first-order valence-electron chi connectivity index (χ1n) is 10.0. The molecule has 2 heterocycles. The fourth-order valence-corrected chi connectivity index (χ4v) is 5.29. The van der Waals surface area contributed by atoms with Crippen molar-refractivity contribution in [1.82, 2.24) is 5.32 Å². The van der Waals surface area contributed by atoms with Gasteiger partial charge in [-0.25, -0.2) is 4.39 Å². The summed E-state index contributed by atoms with van der Waals surface area (Å²) in [6, 6.07) is 10.9. The van der Waals surface area contributed by atoms with E-state index in [1.54, 1.807) is 18.2 Å². The van der Waals surface area contributed by atoms with Crippen LogP contribution < -0.4 is 10.2 Å². The quantitative estimate of drug-likeness (QED) is 0.538. The number of carbonyl (C=O) groups excluding carboxylic acids is 2. The summed E-state index contributed by atoms with van der Waals surface area (Å²) in [4.78, 5) is 29.1. The molecule has 1 aliphatic rings. The SMILES string of the molecule is O=C(NC1CCCC1)[C@@H](c1ccsc1)N(C(=O)Cc1cccs1)c1ccccc1F. The highest BCUT2D eigenvalue weighted by atomic mass is 32.1. The molecule has 0 aliphatic heterocycles. The fraction of sp³-hybridized carbons (Fsp3) is 0.304. The molecular weight excluding hydrogens is 419 g/mol. The average Bonchev–Trinajstić information content (AvgIpc) is 3.50. The van der Waals surface area contributed by atoms with Gasteiger partial charge in [0.1, 0.15) is 11.9 Å². The Balaban J connectivity index is 1.73. The van der Waals surface area contributed by atoms with Gasteiger partial charge < -0.3 is 5.32 Å². The molecule has 0 bridgehead atoms. The van der Waals surface area contributed by atoms with E-state index < -0.39 is 11.9 Å². The number of halogens is 1. The van der Waals surface area contributed by atoms with Crippen molar-refractivity contribution < 1.29 is 14.0 Å². The van der Waals surface area contributed by atoms with Gasteiger partial charge in [0.15, 0.2) is 0 Å². The van der Waals surface area contributed by atoms with Gasteiger partial charge in [0.25, 0.3) is 0 Å². The molecule has 0 spiro atoms. The summed E-state index contributed by atoms with van der Waals surface area (Å²) in [5, 5.41) is 8.73. The lowest BCUT2D eigenvalue weighted by molar-refractivity contribution is -0.127.